The van der Waals surface area contributed by atoms with Crippen LogP contribution >= 0.6 is 0 Å². The molecule has 0 aliphatic rings. The maximum atomic E-state index is 12.1. The molecule has 1 aromatic carbocycles. The topological polar surface area (TPSA) is 119 Å². The average molecular weight is 327 g/mol. The molecule has 0 spiro atoms. The third kappa shape index (κ3) is 3.50. The fourth-order valence-corrected chi connectivity index (χ4v) is 3.35. The summed E-state index contributed by atoms with van der Waals surface area (Å²) in [6.07, 6.45) is 2.39. The summed E-state index contributed by atoms with van der Waals surface area (Å²) >= 11 is 0. The highest BCUT2D eigenvalue weighted by molar-refractivity contribution is 7.92. The van der Waals surface area contributed by atoms with E-state index in [9.17, 15) is 16.8 Å². The molecule has 0 aliphatic heterocycles. The molecule has 112 valence electrons. The van der Waals surface area contributed by atoms with Gasteiger partial charge in [-0.2, -0.15) is 8.42 Å². The monoisotopic (exact) mass is 327 g/mol. The molecule has 0 saturated heterocycles. The van der Waals surface area contributed by atoms with Crippen molar-refractivity contribution in [1.82, 2.24) is 4.98 Å². The van der Waals surface area contributed by atoms with E-state index in [1.807, 2.05) is 0 Å². The van der Waals surface area contributed by atoms with Crippen LogP contribution in [0.2, 0.25) is 0 Å². The van der Waals surface area contributed by atoms with E-state index in [1.54, 1.807) is 0 Å². The highest BCUT2D eigenvalue weighted by Crippen LogP contribution is 2.20. The molecule has 9 heteroatoms. The number of hydrogen-bond donors (Lipinski definition) is 2. The number of benzene rings is 1. The number of nitrogens with one attached hydrogen (secondary N) is 1. The molecule has 2 aromatic rings. The summed E-state index contributed by atoms with van der Waals surface area (Å²) in [5.41, 5.74) is 5.82. The zero-order chi connectivity index (χ0) is 15.7. The predicted octanol–water partition coefficient (Wildman–Crippen LogP) is 0.868. The number of sulfone groups is 1. The van der Waals surface area contributed by atoms with Gasteiger partial charge in [-0.05, 0) is 36.4 Å². The van der Waals surface area contributed by atoms with Gasteiger partial charge in [0.1, 0.15) is 0 Å². The molecule has 3 N–H and O–H groups in total. The lowest BCUT2D eigenvalue weighted by Crippen LogP contribution is -2.16. The van der Waals surface area contributed by atoms with Crippen LogP contribution in [0.4, 0.5) is 11.4 Å². The van der Waals surface area contributed by atoms with Crippen LogP contribution in [0.25, 0.3) is 0 Å². The summed E-state index contributed by atoms with van der Waals surface area (Å²) in [6, 6.07) is 8.29. The number of aromatic nitrogens is 1. The van der Waals surface area contributed by atoms with Gasteiger partial charge in [0.2, 0.25) is 0 Å². The Bertz CT molecular complexity index is 860. The van der Waals surface area contributed by atoms with Crippen LogP contribution in [0.5, 0.6) is 0 Å². The predicted molar refractivity (Wildman–Crippen MR) is 79.0 cm³/mol. The quantitative estimate of drug-likeness (QED) is 0.860. The lowest BCUT2D eigenvalue weighted by atomic mass is 10.3. The van der Waals surface area contributed by atoms with Gasteiger partial charge in [-0.1, -0.05) is 0 Å². The SMILES string of the molecule is CS(=O)(=O)c1ccc(NS(=O)(=O)c2ncccc2N)cc1. The summed E-state index contributed by atoms with van der Waals surface area (Å²) in [5, 5.41) is -0.280. The second-order valence-corrected chi connectivity index (χ2v) is 7.91. The van der Waals surface area contributed by atoms with Gasteiger partial charge in [0.05, 0.1) is 10.6 Å². The second-order valence-electron chi connectivity index (χ2n) is 4.30. The van der Waals surface area contributed by atoms with E-state index in [2.05, 4.69) is 9.71 Å². The largest absolute Gasteiger partial charge is 0.396 e. The van der Waals surface area contributed by atoms with Crippen molar-refractivity contribution in [3.05, 3.63) is 42.6 Å². The van der Waals surface area contributed by atoms with Crippen molar-refractivity contribution < 1.29 is 16.8 Å². The molecule has 1 aromatic heterocycles. The van der Waals surface area contributed by atoms with Gasteiger partial charge in [-0.3, -0.25) is 4.72 Å². The Morgan fingerprint density at radius 2 is 1.67 bits per heavy atom. The molecule has 2 rings (SSSR count). The van der Waals surface area contributed by atoms with E-state index in [0.29, 0.717) is 0 Å². The molecule has 0 amide bonds. The van der Waals surface area contributed by atoms with Gasteiger partial charge < -0.3 is 5.73 Å². The minimum Gasteiger partial charge on any atom is -0.396 e. The summed E-state index contributed by atoms with van der Waals surface area (Å²) in [7, 11) is -7.26. The van der Waals surface area contributed by atoms with Crippen LogP contribution < -0.4 is 10.5 Å². The fourth-order valence-electron chi connectivity index (χ4n) is 1.60. The number of hydrogen-bond acceptors (Lipinski definition) is 6. The normalized spacial score (nSPS) is 12.0. The maximum Gasteiger partial charge on any atom is 0.281 e. The van der Waals surface area contributed by atoms with Crippen molar-refractivity contribution in [3.63, 3.8) is 0 Å². The highest BCUT2D eigenvalue weighted by atomic mass is 32.2. The van der Waals surface area contributed by atoms with E-state index < -0.39 is 19.9 Å². The van der Waals surface area contributed by atoms with Gasteiger partial charge in [-0.15, -0.1) is 0 Å². The molecule has 21 heavy (non-hydrogen) atoms. The number of rotatable bonds is 4. The minimum atomic E-state index is -3.93. The van der Waals surface area contributed by atoms with Crippen molar-refractivity contribution in [2.75, 3.05) is 16.7 Å². The Hall–Kier alpha value is -2.13. The third-order valence-corrected chi connectivity index (χ3v) is 5.07. The van der Waals surface area contributed by atoms with Crippen LogP contribution in [0.15, 0.2) is 52.5 Å². The molecule has 0 aliphatic carbocycles. The molecule has 0 saturated carbocycles. The van der Waals surface area contributed by atoms with E-state index >= 15 is 0 Å². The Morgan fingerprint density at radius 3 is 2.19 bits per heavy atom. The fraction of sp³-hybridized carbons (Fsp3) is 0.0833. The first-order valence-electron chi connectivity index (χ1n) is 5.73. The van der Waals surface area contributed by atoms with Gasteiger partial charge >= 0.3 is 0 Å². The van der Waals surface area contributed by atoms with Crippen molar-refractivity contribution in [1.29, 1.82) is 0 Å². The summed E-state index contributed by atoms with van der Waals surface area (Å²) in [6.45, 7) is 0. The van der Waals surface area contributed by atoms with E-state index in [0.717, 1.165) is 6.26 Å². The summed E-state index contributed by atoms with van der Waals surface area (Å²) in [5.74, 6) is 0. The zero-order valence-corrected chi connectivity index (χ0v) is 12.6. The lowest BCUT2D eigenvalue weighted by Gasteiger charge is -2.09. The lowest BCUT2D eigenvalue weighted by molar-refractivity contribution is 0.598. The number of pyridine rings is 1. The van der Waals surface area contributed by atoms with Crippen molar-refractivity contribution >= 4 is 31.2 Å². The molecule has 0 unspecified atom stereocenters. The van der Waals surface area contributed by atoms with E-state index in [4.69, 9.17) is 5.73 Å². The van der Waals surface area contributed by atoms with Crippen LogP contribution in [0.1, 0.15) is 0 Å². The zero-order valence-electron chi connectivity index (χ0n) is 11.0. The van der Waals surface area contributed by atoms with Crippen LogP contribution in [0.3, 0.4) is 0 Å². The molecular weight excluding hydrogens is 314 g/mol. The summed E-state index contributed by atoms with van der Waals surface area (Å²) in [4.78, 5) is 3.83. The van der Waals surface area contributed by atoms with Gasteiger partial charge in [-0.25, -0.2) is 13.4 Å². The standard InChI is InChI=1S/C12H13N3O4S2/c1-20(16,17)10-6-4-9(5-7-10)15-21(18,19)12-11(13)3-2-8-14-12/h2-8,15H,13H2,1H3. The summed E-state index contributed by atoms with van der Waals surface area (Å²) < 4.78 is 49.2. The van der Waals surface area contributed by atoms with Crippen LogP contribution in [-0.2, 0) is 19.9 Å². The maximum absolute atomic E-state index is 12.1. The number of nitrogen functional groups attached to an aromatic ring is 1. The van der Waals surface area contributed by atoms with Crippen molar-refractivity contribution in [2.45, 2.75) is 9.92 Å². The smallest absolute Gasteiger partial charge is 0.281 e. The Kier molecular flexibility index (Phi) is 3.88. The molecule has 0 radical (unpaired) electrons. The highest BCUT2D eigenvalue weighted by Gasteiger charge is 2.19. The number of anilines is 2. The van der Waals surface area contributed by atoms with Crippen LogP contribution in [0, 0.1) is 0 Å². The van der Waals surface area contributed by atoms with Crippen molar-refractivity contribution in [3.8, 4) is 0 Å². The molecular formula is C12H13N3O4S2. The Morgan fingerprint density at radius 1 is 1.05 bits per heavy atom. The Labute approximate surface area is 122 Å². The molecule has 7 nitrogen and oxygen atoms in total. The van der Waals surface area contributed by atoms with Gasteiger partial charge in [0, 0.05) is 18.1 Å². The number of sulfonamides is 1. The first kappa shape index (κ1) is 15.3. The van der Waals surface area contributed by atoms with E-state index in [-0.39, 0.29) is 21.3 Å². The van der Waals surface area contributed by atoms with Gasteiger partial charge in [0.25, 0.3) is 10.0 Å². The van der Waals surface area contributed by atoms with Crippen molar-refractivity contribution in [2.24, 2.45) is 0 Å². The molecule has 0 atom stereocenters. The Balaban J connectivity index is 2.32. The number of nitrogens with two attached hydrogens (primary N) is 1. The number of nitrogens with zero attached hydrogens (tertiary/aromatic N) is 1. The third-order valence-electron chi connectivity index (χ3n) is 2.59. The van der Waals surface area contributed by atoms with Crippen LogP contribution in [-0.4, -0.2) is 28.1 Å². The van der Waals surface area contributed by atoms with Gasteiger partial charge in [0.15, 0.2) is 14.9 Å². The minimum absolute atomic E-state index is 0.0257. The first-order chi connectivity index (χ1) is 9.70. The molecule has 0 bridgehead atoms. The average Bonchev–Trinajstić information content (AvgIpc) is 2.38. The second kappa shape index (κ2) is 5.34. The molecule has 1 heterocycles. The first-order valence-corrected chi connectivity index (χ1v) is 9.11. The van der Waals surface area contributed by atoms with E-state index in [1.165, 1.54) is 42.6 Å². The molecule has 0 fully saturated rings.